The van der Waals surface area contributed by atoms with Crippen LogP contribution in [0.1, 0.15) is 22.6 Å². The van der Waals surface area contributed by atoms with Gasteiger partial charge >= 0.3 is 0 Å². The summed E-state index contributed by atoms with van der Waals surface area (Å²) in [6, 6.07) is 10.6. The van der Waals surface area contributed by atoms with E-state index in [-0.39, 0.29) is 0 Å². The van der Waals surface area contributed by atoms with Gasteiger partial charge in [0.05, 0.1) is 0 Å². The lowest BCUT2D eigenvalue weighted by Gasteiger charge is -2.16. The second-order valence-corrected chi connectivity index (χ2v) is 4.26. The van der Waals surface area contributed by atoms with Gasteiger partial charge in [0.1, 0.15) is 0 Å². The van der Waals surface area contributed by atoms with Gasteiger partial charge in [0.15, 0.2) is 0 Å². The molecule has 0 radical (unpaired) electrons. The van der Waals surface area contributed by atoms with Crippen LogP contribution in [-0.4, -0.2) is 11.1 Å². The molecule has 2 heteroatoms. The standard InChI is InChI=1S/C14H18N2/c1-11-5-3-4-6-13(11)14(9-15)12-7-8-16(2)10-12/h3-8,10,14H,9,15H2,1-2H3. The molecule has 2 N–H and O–H groups in total. The van der Waals surface area contributed by atoms with Crippen LogP contribution in [0.25, 0.3) is 0 Å². The summed E-state index contributed by atoms with van der Waals surface area (Å²) in [6.07, 6.45) is 4.21. The van der Waals surface area contributed by atoms with Crippen molar-refractivity contribution in [3.8, 4) is 0 Å². The van der Waals surface area contributed by atoms with E-state index in [2.05, 4.69) is 54.2 Å². The third-order valence-electron chi connectivity index (χ3n) is 3.06. The van der Waals surface area contributed by atoms with Crippen molar-refractivity contribution in [2.45, 2.75) is 12.8 Å². The Labute approximate surface area is 96.7 Å². The molecule has 0 saturated heterocycles. The summed E-state index contributed by atoms with van der Waals surface area (Å²) < 4.78 is 2.07. The zero-order valence-corrected chi connectivity index (χ0v) is 9.85. The molecule has 1 aromatic heterocycles. The highest BCUT2D eigenvalue weighted by atomic mass is 14.9. The topological polar surface area (TPSA) is 30.9 Å². The van der Waals surface area contributed by atoms with Crippen molar-refractivity contribution in [1.29, 1.82) is 0 Å². The number of rotatable bonds is 3. The molecule has 2 aromatic rings. The Kier molecular flexibility index (Phi) is 3.11. The van der Waals surface area contributed by atoms with Gasteiger partial charge in [-0.2, -0.15) is 0 Å². The molecular weight excluding hydrogens is 196 g/mol. The first-order valence-electron chi connectivity index (χ1n) is 5.60. The number of nitrogens with zero attached hydrogens (tertiary/aromatic N) is 1. The largest absolute Gasteiger partial charge is 0.357 e. The van der Waals surface area contributed by atoms with Crippen molar-refractivity contribution in [1.82, 2.24) is 4.57 Å². The highest BCUT2D eigenvalue weighted by molar-refractivity contribution is 5.37. The van der Waals surface area contributed by atoms with E-state index in [1.54, 1.807) is 0 Å². The van der Waals surface area contributed by atoms with Gasteiger partial charge in [0.2, 0.25) is 0 Å². The summed E-state index contributed by atoms with van der Waals surface area (Å²) in [4.78, 5) is 0. The maximum Gasteiger partial charge on any atom is 0.0230 e. The minimum absolute atomic E-state index is 0.308. The van der Waals surface area contributed by atoms with E-state index in [1.165, 1.54) is 16.7 Å². The zero-order chi connectivity index (χ0) is 11.5. The van der Waals surface area contributed by atoms with Gasteiger partial charge in [-0.15, -0.1) is 0 Å². The molecule has 0 aliphatic heterocycles. The zero-order valence-electron chi connectivity index (χ0n) is 9.85. The molecule has 2 nitrogen and oxygen atoms in total. The fraction of sp³-hybridized carbons (Fsp3) is 0.286. The number of nitrogens with two attached hydrogens (primary N) is 1. The second-order valence-electron chi connectivity index (χ2n) is 4.26. The normalized spacial score (nSPS) is 12.7. The van der Waals surface area contributed by atoms with Gasteiger partial charge in [0, 0.05) is 31.9 Å². The molecule has 1 unspecified atom stereocenters. The monoisotopic (exact) mass is 214 g/mol. The van der Waals surface area contributed by atoms with E-state index in [4.69, 9.17) is 5.73 Å². The molecule has 0 saturated carbocycles. The average Bonchev–Trinajstić information content (AvgIpc) is 2.69. The van der Waals surface area contributed by atoms with Crippen molar-refractivity contribution in [3.63, 3.8) is 0 Å². The Hall–Kier alpha value is -1.54. The van der Waals surface area contributed by atoms with Crippen LogP contribution in [0.15, 0.2) is 42.7 Å². The predicted molar refractivity (Wildman–Crippen MR) is 67.5 cm³/mol. The number of hydrogen-bond donors (Lipinski definition) is 1. The van der Waals surface area contributed by atoms with Crippen LogP contribution >= 0.6 is 0 Å². The van der Waals surface area contributed by atoms with Crippen molar-refractivity contribution in [2.24, 2.45) is 12.8 Å². The predicted octanol–water partition coefficient (Wildman–Crippen LogP) is 2.42. The van der Waals surface area contributed by atoms with Crippen LogP contribution in [0.3, 0.4) is 0 Å². The Morgan fingerprint density at radius 2 is 2.00 bits per heavy atom. The van der Waals surface area contributed by atoms with E-state index in [9.17, 15) is 0 Å². The Bertz CT molecular complexity index is 471. The number of aromatic nitrogens is 1. The van der Waals surface area contributed by atoms with Gasteiger partial charge in [-0.05, 0) is 29.7 Å². The van der Waals surface area contributed by atoms with E-state index < -0.39 is 0 Å². The number of benzene rings is 1. The van der Waals surface area contributed by atoms with Crippen LogP contribution in [0.5, 0.6) is 0 Å². The summed E-state index contributed by atoms with van der Waals surface area (Å²) in [5.74, 6) is 0.308. The van der Waals surface area contributed by atoms with Crippen molar-refractivity contribution < 1.29 is 0 Å². The smallest absolute Gasteiger partial charge is 0.0230 e. The Balaban J connectivity index is 2.40. The molecule has 0 aliphatic carbocycles. The van der Waals surface area contributed by atoms with E-state index in [0.717, 1.165) is 0 Å². The van der Waals surface area contributed by atoms with Crippen LogP contribution in [-0.2, 0) is 7.05 Å². The van der Waals surface area contributed by atoms with Crippen molar-refractivity contribution >= 4 is 0 Å². The Morgan fingerprint density at radius 1 is 1.25 bits per heavy atom. The average molecular weight is 214 g/mol. The third-order valence-corrected chi connectivity index (χ3v) is 3.06. The highest BCUT2D eigenvalue weighted by Gasteiger charge is 2.14. The molecule has 0 spiro atoms. The number of aryl methyl sites for hydroxylation is 2. The quantitative estimate of drug-likeness (QED) is 0.835. The van der Waals surface area contributed by atoms with E-state index in [0.29, 0.717) is 12.5 Å². The van der Waals surface area contributed by atoms with Crippen molar-refractivity contribution in [3.05, 3.63) is 59.4 Å². The summed E-state index contributed by atoms with van der Waals surface area (Å²) in [7, 11) is 2.04. The van der Waals surface area contributed by atoms with Crippen LogP contribution in [0.4, 0.5) is 0 Å². The molecule has 0 bridgehead atoms. The summed E-state index contributed by atoms with van der Waals surface area (Å²) in [5.41, 5.74) is 9.83. The van der Waals surface area contributed by atoms with Gasteiger partial charge in [-0.1, -0.05) is 24.3 Å². The molecule has 1 heterocycles. The molecule has 2 rings (SSSR count). The first-order chi connectivity index (χ1) is 7.72. The fourth-order valence-electron chi connectivity index (χ4n) is 2.15. The molecule has 1 aromatic carbocycles. The lowest BCUT2D eigenvalue weighted by molar-refractivity contribution is 0.805. The van der Waals surface area contributed by atoms with Gasteiger partial charge in [0.25, 0.3) is 0 Å². The van der Waals surface area contributed by atoms with E-state index in [1.807, 2.05) is 7.05 Å². The maximum atomic E-state index is 5.91. The molecule has 1 atom stereocenters. The maximum absolute atomic E-state index is 5.91. The lowest BCUT2D eigenvalue weighted by Crippen LogP contribution is -2.14. The fourth-order valence-corrected chi connectivity index (χ4v) is 2.15. The van der Waals surface area contributed by atoms with Gasteiger partial charge in [-0.25, -0.2) is 0 Å². The first-order valence-corrected chi connectivity index (χ1v) is 5.60. The second kappa shape index (κ2) is 4.54. The molecular formula is C14H18N2. The van der Waals surface area contributed by atoms with Crippen LogP contribution < -0.4 is 5.73 Å². The highest BCUT2D eigenvalue weighted by Crippen LogP contribution is 2.26. The molecule has 0 aliphatic rings. The minimum Gasteiger partial charge on any atom is -0.357 e. The third kappa shape index (κ3) is 2.02. The van der Waals surface area contributed by atoms with Crippen LogP contribution in [0.2, 0.25) is 0 Å². The minimum atomic E-state index is 0.308. The Morgan fingerprint density at radius 3 is 2.56 bits per heavy atom. The van der Waals surface area contributed by atoms with Crippen molar-refractivity contribution in [2.75, 3.05) is 6.54 Å². The SMILES string of the molecule is Cc1ccccc1C(CN)c1ccn(C)c1. The number of hydrogen-bond acceptors (Lipinski definition) is 1. The van der Waals surface area contributed by atoms with Gasteiger partial charge < -0.3 is 10.3 Å². The van der Waals surface area contributed by atoms with Gasteiger partial charge in [-0.3, -0.25) is 0 Å². The molecule has 0 fully saturated rings. The molecule has 84 valence electrons. The lowest BCUT2D eigenvalue weighted by atomic mass is 9.90. The molecule has 0 amide bonds. The van der Waals surface area contributed by atoms with Crippen LogP contribution in [0, 0.1) is 6.92 Å². The summed E-state index contributed by atoms with van der Waals surface area (Å²) in [6.45, 7) is 2.79. The first kappa shape index (κ1) is 11.0. The summed E-state index contributed by atoms with van der Waals surface area (Å²) >= 11 is 0. The summed E-state index contributed by atoms with van der Waals surface area (Å²) in [5, 5.41) is 0. The van der Waals surface area contributed by atoms with E-state index >= 15 is 0 Å². The molecule has 16 heavy (non-hydrogen) atoms.